The Balaban J connectivity index is 2.13. The molecule has 0 saturated heterocycles. The molecule has 98 valence electrons. The summed E-state index contributed by atoms with van der Waals surface area (Å²) in [5.74, 6) is 0.0469. The number of nitrogens with one attached hydrogen (secondary N) is 1. The Morgan fingerprint density at radius 2 is 2.11 bits per heavy atom. The molecule has 0 aliphatic heterocycles. The van der Waals surface area contributed by atoms with E-state index in [1.165, 1.54) is 6.07 Å². The van der Waals surface area contributed by atoms with Crippen LogP contribution >= 0.6 is 38.5 Å². The fourth-order valence-electron chi connectivity index (χ4n) is 2.31. The summed E-state index contributed by atoms with van der Waals surface area (Å²) in [6.07, 6.45) is 4.34. The van der Waals surface area contributed by atoms with Crippen molar-refractivity contribution in [3.05, 3.63) is 27.3 Å². The summed E-state index contributed by atoms with van der Waals surface area (Å²) in [6, 6.07) is 5.02. The van der Waals surface area contributed by atoms with Crippen LogP contribution in [0, 0.1) is 3.57 Å². The van der Waals surface area contributed by atoms with Crippen molar-refractivity contribution in [2.45, 2.75) is 31.2 Å². The summed E-state index contributed by atoms with van der Waals surface area (Å²) in [6.45, 7) is 0. The molecule has 0 radical (unpaired) electrons. The quantitative estimate of drug-likeness (QED) is 0.578. The number of aromatic hydroxyl groups is 1. The third-order valence-corrected chi connectivity index (χ3v) is 5.39. The van der Waals surface area contributed by atoms with Gasteiger partial charge in [0.05, 0.1) is 9.11 Å². The van der Waals surface area contributed by atoms with E-state index in [0.29, 0.717) is 5.56 Å². The molecule has 0 spiro atoms. The average molecular weight is 424 g/mol. The van der Waals surface area contributed by atoms with E-state index >= 15 is 0 Å². The van der Waals surface area contributed by atoms with E-state index in [4.69, 9.17) is 0 Å². The monoisotopic (exact) mass is 423 g/mol. The second kappa shape index (κ2) is 5.77. The fraction of sp³-hybridized carbons (Fsp3) is 0.462. The zero-order valence-corrected chi connectivity index (χ0v) is 13.6. The Labute approximate surface area is 129 Å². The maximum Gasteiger partial charge on any atom is 0.251 e. The molecule has 1 aromatic carbocycles. The number of carbonyl (C=O) groups excluding carboxylic acids is 1. The van der Waals surface area contributed by atoms with Crippen LogP contribution in [0.1, 0.15) is 36.0 Å². The van der Waals surface area contributed by atoms with Crippen molar-refractivity contribution >= 4 is 44.4 Å². The Morgan fingerprint density at radius 1 is 1.44 bits per heavy atom. The van der Waals surface area contributed by atoms with Gasteiger partial charge in [0.25, 0.3) is 5.91 Å². The van der Waals surface area contributed by atoms with Crippen molar-refractivity contribution in [1.29, 1.82) is 0 Å². The first-order chi connectivity index (χ1) is 8.56. The number of phenols is 1. The van der Waals surface area contributed by atoms with Gasteiger partial charge in [-0.1, -0.05) is 28.8 Å². The van der Waals surface area contributed by atoms with Crippen LogP contribution in [0.25, 0.3) is 0 Å². The van der Waals surface area contributed by atoms with Gasteiger partial charge >= 0.3 is 0 Å². The zero-order chi connectivity index (χ0) is 13.2. The smallest absolute Gasteiger partial charge is 0.251 e. The van der Waals surface area contributed by atoms with Crippen LogP contribution in [0.2, 0.25) is 0 Å². The number of amides is 1. The van der Waals surface area contributed by atoms with E-state index in [2.05, 4.69) is 21.2 Å². The standard InChI is InChI=1S/C13H15BrINO2/c14-8-13(5-1-2-6-13)16-12(18)9-3-4-10(15)11(17)7-9/h3-4,7,17H,1-2,5-6,8H2,(H,16,18). The summed E-state index contributed by atoms with van der Waals surface area (Å²) in [7, 11) is 0. The molecule has 1 aliphatic rings. The van der Waals surface area contributed by atoms with Crippen LogP contribution in [-0.2, 0) is 0 Å². The summed E-state index contributed by atoms with van der Waals surface area (Å²) >= 11 is 5.53. The van der Waals surface area contributed by atoms with Gasteiger partial charge in [0.2, 0.25) is 0 Å². The van der Waals surface area contributed by atoms with Gasteiger partial charge in [-0.15, -0.1) is 0 Å². The molecular weight excluding hydrogens is 409 g/mol. The van der Waals surface area contributed by atoms with Crippen LogP contribution in [0.15, 0.2) is 18.2 Å². The molecule has 1 aromatic rings. The van der Waals surface area contributed by atoms with Crippen LogP contribution in [0.3, 0.4) is 0 Å². The lowest BCUT2D eigenvalue weighted by molar-refractivity contribution is 0.0910. The molecule has 1 amide bonds. The number of halogens is 2. The Bertz CT molecular complexity index is 458. The van der Waals surface area contributed by atoms with Gasteiger partial charge in [-0.3, -0.25) is 4.79 Å². The third-order valence-electron chi connectivity index (χ3n) is 3.40. The molecule has 2 N–H and O–H groups in total. The first-order valence-electron chi connectivity index (χ1n) is 5.93. The van der Waals surface area contributed by atoms with Crippen molar-refractivity contribution in [2.75, 3.05) is 5.33 Å². The largest absolute Gasteiger partial charge is 0.507 e. The van der Waals surface area contributed by atoms with Gasteiger partial charge in [-0.05, 0) is 53.6 Å². The first-order valence-corrected chi connectivity index (χ1v) is 8.13. The minimum absolute atomic E-state index is 0.108. The van der Waals surface area contributed by atoms with Crippen molar-refractivity contribution in [3.63, 3.8) is 0 Å². The average Bonchev–Trinajstić information content (AvgIpc) is 2.82. The number of benzene rings is 1. The lowest BCUT2D eigenvalue weighted by Crippen LogP contribution is -2.47. The SMILES string of the molecule is O=C(NC1(CBr)CCCC1)c1ccc(I)c(O)c1. The predicted molar refractivity (Wildman–Crippen MR) is 83.3 cm³/mol. The highest BCUT2D eigenvalue weighted by Gasteiger charge is 2.34. The van der Waals surface area contributed by atoms with E-state index in [-0.39, 0.29) is 17.2 Å². The second-order valence-corrected chi connectivity index (χ2v) is 6.46. The predicted octanol–water partition coefficient (Wildman–Crippen LogP) is 3.43. The molecule has 1 saturated carbocycles. The third kappa shape index (κ3) is 2.99. The molecule has 5 heteroatoms. The molecular formula is C13H15BrINO2. The topological polar surface area (TPSA) is 49.3 Å². The number of carbonyl (C=O) groups is 1. The van der Waals surface area contributed by atoms with Crippen LogP contribution in [-0.4, -0.2) is 21.9 Å². The van der Waals surface area contributed by atoms with Gasteiger partial charge in [0.15, 0.2) is 0 Å². The highest BCUT2D eigenvalue weighted by Crippen LogP contribution is 2.31. The number of alkyl halides is 1. The minimum Gasteiger partial charge on any atom is -0.507 e. The fourth-order valence-corrected chi connectivity index (χ4v) is 3.35. The summed E-state index contributed by atoms with van der Waals surface area (Å²) in [5.41, 5.74) is 0.399. The van der Waals surface area contributed by atoms with Crippen LogP contribution < -0.4 is 5.32 Å². The Kier molecular flexibility index (Phi) is 4.53. The van der Waals surface area contributed by atoms with Crippen molar-refractivity contribution < 1.29 is 9.90 Å². The lowest BCUT2D eigenvalue weighted by atomic mass is 10.00. The maximum absolute atomic E-state index is 12.2. The zero-order valence-electron chi connectivity index (χ0n) is 9.88. The summed E-state index contributed by atoms with van der Waals surface area (Å²) in [5, 5.41) is 13.5. The van der Waals surface area contributed by atoms with Gasteiger partial charge in [-0.25, -0.2) is 0 Å². The molecule has 1 fully saturated rings. The van der Waals surface area contributed by atoms with Crippen molar-refractivity contribution in [1.82, 2.24) is 5.32 Å². The number of rotatable bonds is 3. The van der Waals surface area contributed by atoms with Gasteiger partial charge in [0.1, 0.15) is 5.75 Å². The van der Waals surface area contributed by atoms with E-state index < -0.39 is 0 Å². The van der Waals surface area contributed by atoms with Gasteiger partial charge in [0, 0.05) is 10.9 Å². The number of hydrogen-bond donors (Lipinski definition) is 2. The van der Waals surface area contributed by atoms with Crippen LogP contribution in [0.4, 0.5) is 0 Å². The Hall–Kier alpha value is -0.300. The van der Waals surface area contributed by atoms with Gasteiger partial charge < -0.3 is 10.4 Å². The molecule has 1 aliphatic carbocycles. The van der Waals surface area contributed by atoms with Crippen molar-refractivity contribution in [2.24, 2.45) is 0 Å². The normalized spacial score (nSPS) is 17.7. The molecule has 3 nitrogen and oxygen atoms in total. The first kappa shape index (κ1) is 14.1. The van der Waals surface area contributed by atoms with Crippen LogP contribution in [0.5, 0.6) is 5.75 Å². The van der Waals surface area contributed by atoms with E-state index in [9.17, 15) is 9.90 Å². The molecule has 18 heavy (non-hydrogen) atoms. The molecule has 0 bridgehead atoms. The Morgan fingerprint density at radius 3 is 2.67 bits per heavy atom. The number of hydrogen-bond acceptors (Lipinski definition) is 2. The summed E-state index contributed by atoms with van der Waals surface area (Å²) in [4.78, 5) is 12.2. The molecule has 2 rings (SSSR count). The maximum atomic E-state index is 12.2. The van der Waals surface area contributed by atoms with E-state index in [1.807, 2.05) is 22.6 Å². The van der Waals surface area contributed by atoms with E-state index in [1.54, 1.807) is 12.1 Å². The molecule has 0 aromatic heterocycles. The highest BCUT2D eigenvalue weighted by atomic mass is 127. The second-order valence-electron chi connectivity index (χ2n) is 4.74. The van der Waals surface area contributed by atoms with E-state index in [0.717, 1.165) is 34.6 Å². The number of phenolic OH excluding ortho intramolecular Hbond substituents is 1. The summed E-state index contributed by atoms with van der Waals surface area (Å²) < 4.78 is 0.750. The van der Waals surface area contributed by atoms with Crippen molar-refractivity contribution in [3.8, 4) is 5.75 Å². The lowest BCUT2D eigenvalue weighted by Gasteiger charge is -2.28. The molecule has 0 heterocycles. The van der Waals surface area contributed by atoms with Gasteiger partial charge in [-0.2, -0.15) is 0 Å². The highest BCUT2D eigenvalue weighted by molar-refractivity contribution is 14.1. The molecule has 0 unspecified atom stereocenters. The minimum atomic E-state index is -0.115. The molecule has 0 atom stereocenters.